The summed E-state index contributed by atoms with van der Waals surface area (Å²) in [5.74, 6) is 0. The molecular formula is C12H20N2O3S2. The molecule has 1 aromatic heterocycles. The number of thiophene rings is 1. The number of nitrogens with two attached hydrogens (primary N) is 1. The lowest BCUT2D eigenvalue weighted by Gasteiger charge is -2.40. The van der Waals surface area contributed by atoms with Crippen LogP contribution in [0.15, 0.2) is 16.3 Å². The molecule has 19 heavy (non-hydrogen) atoms. The molecule has 2 rings (SSSR count). The summed E-state index contributed by atoms with van der Waals surface area (Å²) in [6, 6.07) is 3.52. The Morgan fingerprint density at radius 1 is 1.47 bits per heavy atom. The maximum Gasteiger partial charge on any atom is 0.253 e. The van der Waals surface area contributed by atoms with Crippen molar-refractivity contribution in [2.45, 2.75) is 30.0 Å². The number of ether oxygens (including phenoxy) is 1. The van der Waals surface area contributed by atoms with Crippen LogP contribution in [0.4, 0.5) is 0 Å². The van der Waals surface area contributed by atoms with Crippen LogP contribution in [0, 0.1) is 0 Å². The average Bonchev–Trinajstić information content (AvgIpc) is 2.78. The number of nitrogens with zero attached hydrogens (tertiary/aromatic N) is 1. The van der Waals surface area contributed by atoms with Gasteiger partial charge in [-0.25, -0.2) is 8.42 Å². The van der Waals surface area contributed by atoms with Gasteiger partial charge in [0.05, 0.1) is 18.8 Å². The lowest BCUT2D eigenvalue weighted by molar-refractivity contribution is -0.00761. The van der Waals surface area contributed by atoms with Crippen molar-refractivity contribution >= 4 is 21.4 Å². The van der Waals surface area contributed by atoms with Crippen molar-refractivity contribution in [1.29, 1.82) is 0 Å². The molecule has 0 bridgehead atoms. The fraction of sp³-hybridized carbons (Fsp3) is 0.667. The summed E-state index contributed by atoms with van der Waals surface area (Å²) < 4.78 is 32.6. The molecule has 7 heteroatoms. The van der Waals surface area contributed by atoms with Gasteiger partial charge in [0.2, 0.25) is 0 Å². The number of morpholine rings is 1. The van der Waals surface area contributed by atoms with Crippen LogP contribution >= 0.6 is 11.3 Å². The Hall–Kier alpha value is -0.470. The van der Waals surface area contributed by atoms with Crippen molar-refractivity contribution in [3.05, 3.63) is 17.0 Å². The van der Waals surface area contributed by atoms with Crippen LogP contribution in [0.5, 0.6) is 0 Å². The van der Waals surface area contributed by atoms with Crippen LogP contribution in [0.3, 0.4) is 0 Å². The van der Waals surface area contributed by atoms with Crippen molar-refractivity contribution < 1.29 is 13.2 Å². The van der Waals surface area contributed by atoms with E-state index in [-0.39, 0.29) is 0 Å². The Balaban J connectivity index is 2.30. The van der Waals surface area contributed by atoms with Gasteiger partial charge in [0.15, 0.2) is 0 Å². The predicted molar refractivity (Wildman–Crippen MR) is 75.9 cm³/mol. The van der Waals surface area contributed by atoms with Gasteiger partial charge in [0, 0.05) is 11.4 Å². The summed E-state index contributed by atoms with van der Waals surface area (Å²) in [5.41, 5.74) is 4.99. The highest BCUT2D eigenvalue weighted by Gasteiger charge is 2.40. The fourth-order valence-electron chi connectivity index (χ4n) is 2.17. The first-order chi connectivity index (χ1) is 8.88. The zero-order chi connectivity index (χ0) is 14.1. The van der Waals surface area contributed by atoms with Gasteiger partial charge >= 0.3 is 0 Å². The number of rotatable bonds is 4. The van der Waals surface area contributed by atoms with Crippen LogP contribution in [-0.4, -0.2) is 44.6 Å². The minimum Gasteiger partial charge on any atom is -0.378 e. The first kappa shape index (κ1) is 14.9. The third kappa shape index (κ3) is 3.00. The van der Waals surface area contributed by atoms with Crippen LogP contribution in [0.2, 0.25) is 0 Å². The molecule has 1 saturated heterocycles. The van der Waals surface area contributed by atoms with Gasteiger partial charge in [-0.3, -0.25) is 0 Å². The van der Waals surface area contributed by atoms with E-state index in [4.69, 9.17) is 10.5 Å². The van der Waals surface area contributed by atoms with E-state index in [9.17, 15) is 8.42 Å². The van der Waals surface area contributed by atoms with Gasteiger partial charge < -0.3 is 10.5 Å². The summed E-state index contributed by atoms with van der Waals surface area (Å²) in [7, 11) is -3.44. The SMILES string of the molecule is CC1(C)COCCN1S(=O)(=O)c1ccc(CCN)s1. The molecule has 0 amide bonds. The van der Waals surface area contributed by atoms with Gasteiger partial charge in [0.1, 0.15) is 4.21 Å². The van der Waals surface area contributed by atoms with Crippen molar-refractivity contribution in [1.82, 2.24) is 4.31 Å². The molecule has 0 radical (unpaired) electrons. The summed E-state index contributed by atoms with van der Waals surface area (Å²) in [6.07, 6.45) is 0.715. The van der Waals surface area contributed by atoms with E-state index in [2.05, 4.69) is 0 Å². The molecule has 2 N–H and O–H groups in total. The largest absolute Gasteiger partial charge is 0.378 e. The van der Waals surface area contributed by atoms with E-state index >= 15 is 0 Å². The lowest BCUT2D eigenvalue weighted by atomic mass is 10.1. The summed E-state index contributed by atoms with van der Waals surface area (Å²) in [5, 5.41) is 0. The molecule has 2 heterocycles. The standard InChI is InChI=1S/C12H20N2O3S2/c1-12(2)9-17-8-7-14(12)19(15,16)11-4-3-10(18-11)5-6-13/h3-4H,5-9,13H2,1-2H3. The maximum absolute atomic E-state index is 12.7. The molecule has 0 saturated carbocycles. The minimum atomic E-state index is -3.44. The quantitative estimate of drug-likeness (QED) is 0.902. The van der Waals surface area contributed by atoms with Gasteiger partial charge in [0.25, 0.3) is 10.0 Å². The van der Waals surface area contributed by atoms with Crippen LogP contribution in [0.1, 0.15) is 18.7 Å². The molecular weight excluding hydrogens is 284 g/mol. The van der Waals surface area contributed by atoms with Gasteiger partial charge in [-0.1, -0.05) is 0 Å². The zero-order valence-electron chi connectivity index (χ0n) is 11.3. The molecule has 0 aliphatic carbocycles. The van der Waals surface area contributed by atoms with E-state index in [1.54, 1.807) is 10.4 Å². The minimum absolute atomic E-state index is 0.394. The van der Waals surface area contributed by atoms with Crippen molar-refractivity contribution in [2.75, 3.05) is 26.3 Å². The second kappa shape index (κ2) is 5.49. The maximum atomic E-state index is 12.7. The smallest absolute Gasteiger partial charge is 0.253 e. The van der Waals surface area contributed by atoms with E-state index in [1.165, 1.54) is 11.3 Å². The Labute approximate surface area is 118 Å². The van der Waals surface area contributed by atoms with Gasteiger partial charge in [-0.15, -0.1) is 11.3 Å². The van der Waals surface area contributed by atoms with E-state index < -0.39 is 15.6 Å². The van der Waals surface area contributed by atoms with Crippen LogP contribution in [-0.2, 0) is 21.2 Å². The van der Waals surface area contributed by atoms with Crippen LogP contribution in [0.25, 0.3) is 0 Å². The summed E-state index contributed by atoms with van der Waals surface area (Å²) in [4.78, 5) is 1.01. The molecule has 108 valence electrons. The first-order valence-electron chi connectivity index (χ1n) is 6.27. The van der Waals surface area contributed by atoms with Crippen molar-refractivity contribution in [3.63, 3.8) is 0 Å². The first-order valence-corrected chi connectivity index (χ1v) is 8.53. The molecule has 0 spiro atoms. The molecule has 1 fully saturated rings. The van der Waals surface area contributed by atoms with Gasteiger partial charge in [-0.05, 0) is 38.9 Å². The second-order valence-electron chi connectivity index (χ2n) is 5.20. The normalized spacial score (nSPS) is 20.6. The monoisotopic (exact) mass is 304 g/mol. The summed E-state index contributed by atoms with van der Waals surface area (Å²) in [6.45, 7) is 5.58. The second-order valence-corrected chi connectivity index (χ2v) is 8.46. The highest BCUT2D eigenvalue weighted by atomic mass is 32.2. The average molecular weight is 304 g/mol. The molecule has 1 aliphatic heterocycles. The van der Waals surface area contributed by atoms with E-state index in [0.29, 0.717) is 36.9 Å². The lowest BCUT2D eigenvalue weighted by Crippen LogP contribution is -2.55. The summed E-state index contributed by atoms with van der Waals surface area (Å²) >= 11 is 1.31. The highest BCUT2D eigenvalue weighted by molar-refractivity contribution is 7.91. The molecule has 0 unspecified atom stereocenters. The number of hydrogen-bond acceptors (Lipinski definition) is 5. The van der Waals surface area contributed by atoms with E-state index in [0.717, 1.165) is 4.88 Å². The third-order valence-electron chi connectivity index (χ3n) is 3.14. The van der Waals surface area contributed by atoms with Crippen LogP contribution < -0.4 is 5.73 Å². The Kier molecular flexibility index (Phi) is 4.32. The molecule has 0 aromatic carbocycles. The highest BCUT2D eigenvalue weighted by Crippen LogP contribution is 2.31. The Morgan fingerprint density at radius 3 is 2.84 bits per heavy atom. The van der Waals surface area contributed by atoms with Gasteiger partial charge in [-0.2, -0.15) is 4.31 Å². The molecule has 1 aromatic rings. The van der Waals surface area contributed by atoms with E-state index in [1.807, 2.05) is 19.9 Å². The molecule has 1 aliphatic rings. The van der Waals surface area contributed by atoms with Crippen molar-refractivity contribution in [3.8, 4) is 0 Å². The van der Waals surface area contributed by atoms with Crippen molar-refractivity contribution in [2.24, 2.45) is 5.73 Å². The predicted octanol–water partition coefficient (Wildman–Crippen LogP) is 1.05. The third-order valence-corrected chi connectivity index (χ3v) is 6.86. The molecule has 0 atom stereocenters. The fourth-order valence-corrected chi connectivity index (χ4v) is 5.41. The number of hydrogen-bond donors (Lipinski definition) is 1. The zero-order valence-corrected chi connectivity index (χ0v) is 12.9. The Morgan fingerprint density at radius 2 is 2.21 bits per heavy atom. The molecule has 5 nitrogen and oxygen atoms in total. The number of sulfonamides is 1. The topological polar surface area (TPSA) is 72.6 Å². The Bertz CT molecular complexity index is 537.